The highest BCUT2D eigenvalue weighted by Gasteiger charge is 2.41. The minimum absolute atomic E-state index is 0.246. The van der Waals surface area contributed by atoms with Crippen molar-refractivity contribution in [3.8, 4) is 0 Å². The lowest BCUT2D eigenvalue weighted by Crippen LogP contribution is -2.29. The van der Waals surface area contributed by atoms with Gasteiger partial charge in [-0.15, -0.1) is 17.6 Å². The molecule has 0 saturated heterocycles. The average molecular weight is 1610 g/mol. The van der Waals surface area contributed by atoms with Crippen molar-refractivity contribution in [1.29, 1.82) is 0 Å². The van der Waals surface area contributed by atoms with Gasteiger partial charge in [-0.05, 0) is 32.1 Å². The summed E-state index contributed by atoms with van der Waals surface area (Å²) in [6.45, 7) is 19.1. The Kier molecular flexibility index (Phi) is 47.9. The maximum Gasteiger partial charge on any atom is 0.559 e. The molecule has 4 heterocycles. The van der Waals surface area contributed by atoms with Crippen LogP contribution in [0.15, 0.2) is 62.2 Å². The number of halogens is 14. The van der Waals surface area contributed by atoms with Crippen molar-refractivity contribution in [1.82, 2.24) is 18.3 Å². The van der Waals surface area contributed by atoms with Crippen molar-refractivity contribution < 1.29 is 147 Å². The third-order valence-electron chi connectivity index (χ3n) is 10.8. The Balaban J connectivity index is -0.000000334. The van der Waals surface area contributed by atoms with Crippen molar-refractivity contribution in [2.75, 3.05) is 30.5 Å². The van der Waals surface area contributed by atoms with Gasteiger partial charge < -0.3 is 16.5 Å². The van der Waals surface area contributed by atoms with Crippen molar-refractivity contribution >= 4 is 80.2 Å². The molecule has 0 atom stereocenters. The SMILES string of the molecule is CCCCCCCCn1cc[n+](C)c1C.CCCCn1cc[n+](C)c1.CCCCn1cc[n+](C)c1.CCCCn1cc[n+](C)c1C.CCS(=O)(=O)[N-]S(=O)(=O)CF.CS(=O)(=O)[N-]S(=O)(=O)C(F)(F)F.CS(=O)(=O)[N-]S(=O)(=O)C(F)(F)F.CS(=O)(=O)[N-]S(=O)(=O)C(F)(F)F.FC(F)(F)F. The first-order valence-corrected chi connectivity index (χ1v) is 41.3. The smallest absolute Gasteiger partial charge is 0.434 e. The normalized spacial score (nSPS) is 12.4. The molecule has 0 amide bonds. The molecule has 4 aromatic heterocycles. The van der Waals surface area contributed by atoms with Gasteiger partial charge >= 0.3 is 23.0 Å². The van der Waals surface area contributed by atoms with E-state index in [1.165, 1.54) is 102 Å². The number of unbranched alkanes of at least 4 members (excludes halogenated alkanes) is 8. The van der Waals surface area contributed by atoms with Crippen LogP contribution in [0.2, 0.25) is 0 Å². The first-order valence-electron chi connectivity index (χ1n) is 28.2. The van der Waals surface area contributed by atoms with E-state index in [1.807, 2.05) is 14.1 Å². The Morgan fingerprint density at radius 1 is 0.378 bits per heavy atom. The summed E-state index contributed by atoms with van der Waals surface area (Å²) < 4.78 is 339. The monoisotopic (exact) mass is 1610 g/mol. The first-order chi connectivity index (χ1) is 43.9. The topological polar surface area (TPSA) is 365 Å². The summed E-state index contributed by atoms with van der Waals surface area (Å²) in [7, 11) is -31.5. The molecule has 0 bridgehead atoms. The van der Waals surface area contributed by atoms with Gasteiger partial charge in [0.1, 0.15) is 59.6 Å². The highest BCUT2D eigenvalue weighted by atomic mass is 32.3. The summed E-state index contributed by atoms with van der Waals surface area (Å²) in [6.07, 6.45) is 32.2. The zero-order valence-corrected chi connectivity index (χ0v) is 62.5. The Hall–Kier alpha value is -4.70. The molecular formula is C48H88F14N12O16S8. The van der Waals surface area contributed by atoms with Gasteiger partial charge in [0.2, 0.25) is 12.7 Å². The fourth-order valence-electron chi connectivity index (χ4n) is 5.92. The summed E-state index contributed by atoms with van der Waals surface area (Å²) in [5.74, 6) is 2.23. The summed E-state index contributed by atoms with van der Waals surface area (Å²) >= 11 is 0. The number of hydrogen-bond donors (Lipinski definition) is 0. The Morgan fingerprint density at radius 3 is 0.847 bits per heavy atom. The molecule has 0 aromatic carbocycles. The molecule has 0 unspecified atom stereocenters. The van der Waals surface area contributed by atoms with Crippen molar-refractivity contribution in [3.05, 3.63) is 90.4 Å². The van der Waals surface area contributed by atoms with Crippen LogP contribution in [0.5, 0.6) is 0 Å². The van der Waals surface area contributed by atoms with Crippen LogP contribution in [-0.2, 0) is 135 Å². The molecule has 0 spiro atoms. The van der Waals surface area contributed by atoms with Gasteiger partial charge in [-0.25, -0.2) is 108 Å². The lowest BCUT2D eigenvalue weighted by molar-refractivity contribution is -0.677. The van der Waals surface area contributed by atoms with Crippen LogP contribution >= 0.6 is 0 Å². The standard InChI is InChI=1S/C13H25N2.C9H17N2.2C8H15N2.C3H7FNO4S2.3C2H3F3NO4S2.CF4/c1-4-5-6-7-8-9-10-15-12-11-14(3)13(15)2;1-4-5-6-11-8-7-10(3)9(11)2;2*1-3-4-5-10-7-6-9(2)8-10;1-2-10(6,7)5-11(8,9)3-4;3*1-11(7,8)6-12(9,10)2(3,4)5;2-1(3,4)5/h11-12H,4-10H2,1-3H3;7-8H,4-6H2,1-3H3;2*6-8H,3-5H2,1-2H3;2-3H2,1H3;3*1H3;/q4*+1;4*-1;. The first kappa shape index (κ1) is 102. The number of aromatic nitrogens is 8. The molecule has 0 saturated carbocycles. The molecule has 50 heteroatoms. The molecule has 582 valence electrons. The quantitative estimate of drug-likeness (QED) is 0.0322. The van der Waals surface area contributed by atoms with Crippen molar-refractivity contribution in [2.45, 2.75) is 175 Å². The maximum absolute atomic E-state index is 11.5. The van der Waals surface area contributed by atoms with Crippen LogP contribution in [0.25, 0.3) is 16.5 Å². The predicted molar refractivity (Wildman–Crippen MR) is 334 cm³/mol. The fourth-order valence-corrected chi connectivity index (χ4v) is 13.2. The summed E-state index contributed by atoms with van der Waals surface area (Å²) in [4.78, 5) is 0. The van der Waals surface area contributed by atoms with E-state index in [2.05, 4.69) is 159 Å². The number of aryl methyl sites for hydroxylation is 8. The second-order valence-electron chi connectivity index (χ2n) is 20.0. The molecule has 98 heavy (non-hydrogen) atoms. The molecule has 28 nitrogen and oxygen atoms in total. The van der Waals surface area contributed by atoms with E-state index >= 15 is 0 Å². The number of sulfonamides is 8. The van der Waals surface area contributed by atoms with E-state index in [9.17, 15) is 129 Å². The summed E-state index contributed by atoms with van der Waals surface area (Å²) in [6, 6.07) is -1.79. The maximum atomic E-state index is 11.5. The van der Waals surface area contributed by atoms with Crippen LogP contribution in [0.1, 0.15) is 123 Å². The molecule has 0 fully saturated rings. The number of imidazole rings is 4. The van der Waals surface area contributed by atoms with E-state index < -0.39 is 115 Å². The summed E-state index contributed by atoms with van der Waals surface area (Å²) in [5, 5.41) is 0. The lowest BCUT2D eigenvalue weighted by atomic mass is 10.1. The van der Waals surface area contributed by atoms with E-state index in [-0.39, 0.29) is 18.8 Å². The number of nitrogens with zero attached hydrogens (tertiary/aromatic N) is 12. The third kappa shape index (κ3) is 55.0. The van der Waals surface area contributed by atoms with E-state index in [1.54, 1.807) is 12.4 Å². The second-order valence-corrected chi connectivity index (χ2v) is 34.2. The van der Waals surface area contributed by atoms with E-state index in [0.29, 0.717) is 0 Å². The zero-order chi connectivity index (χ0) is 78.4. The molecule has 0 aliphatic heterocycles. The van der Waals surface area contributed by atoms with Crippen molar-refractivity contribution in [3.63, 3.8) is 0 Å². The van der Waals surface area contributed by atoms with E-state index in [0.717, 1.165) is 19.6 Å². The van der Waals surface area contributed by atoms with Gasteiger partial charge in [0.15, 0.2) is 36.1 Å². The fraction of sp³-hybridized carbons (Fsp3) is 0.750. The molecule has 4 rings (SSSR count). The van der Waals surface area contributed by atoms with Gasteiger partial charge in [0.25, 0.3) is 11.6 Å². The Morgan fingerprint density at radius 2 is 0.643 bits per heavy atom. The summed E-state index contributed by atoms with van der Waals surface area (Å²) in [5.41, 5.74) is -17.0. The molecule has 0 aliphatic rings. The predicted octanol–water partition coefficient (Wildman–Crippen LogP) is 8.58. The Bertz CT molecular complexity index is 3590. The van der Waals surface area contributed by atoms with Crippen LogP contribution < -0.4 is 18.3 Å². The molecule has 0 aliphatic carbocycles. The van der Waals surface area contributed by atoms with Crippen LogP contribution in [-0.4, -0.2) is 139 Å². The van der Waals surface area contributed by atoms with Gasteiger partial charge in [-0.2, -0.15) is 39.5 Å². The highest BCUT2D eigenvalue weighted by molar-refractivity contribution is 8.13. The molecular weight excluding hydrogens is 1520 g/mol. The number of alkyl halides is 14. The van der Waals surface area contributed by atoms with Gasteiger partial charge in [0, 0.05) is 38.4 Å². The van der Waals surface area contributed by atoms with Crippen LogP contribution in [0, 0.1) is 13.8 Å². The van der Waals surface area contributed by atoms with E-state index in [4.69, 9.17) is 0 Å². The number of rotatable bonds is 26. The minimum Gasteiger partial charge on any atom is -0.434 e. The zero-order valence-electron chi connectivity index (χ0n) is 56.0. The van der Waals surface area contributed by atoms with Crippen LogP contribution in [0.4, 0.5) is 61.5 Å². The second kappa shape index (κ2) is 46.0. The highest BCUT2D eigenvalue weighted by Crippen LogP contribution is 2.31. The van der Waals surface area contributed by atoms with Gasteiger partial charge in [0.05, 0.1) is 94.5 Å². The third-order valence-corrected chi connectivity index (χ3v) is 21.0. The average Bonchev–Trinajstić information content (AvgIpc) is 1.35. The largest absolute Gasteiger partial charge is 0.559 e. The van der Waals surface area contributed by atoms with Gasteiger partial charge in [-0.1, -0.05) is 79.6 Å². The molecule has 0 N–H and O–H groups in total. The molecule has 4 aromatic rings. The Labute approximate surface area is 566 Å². The number of hydrogen-bond acceptors (Lipinski definition) is 16. The van der Waals surface area contributed by atoms with Crippen LogP contribution in [0.3, 0.4) is 0 Å². The molecule has 0 radical (unpaired) electrons. The minimum atomic E-state index is -5.92. The van der Waals surface area contributed by atoms with Crippen molar-refractivity contribution in [2.24, 2.45) is 28.2 Å². The van der Waals surface area contributed by atoms with Gasteiger partial charge in [-0.3, -0.25) is 0 Å². The lowest BCUT2D eigenvalue weighted by Gasteiger charge is -2.19.